The van der Waals surface area contributed by atoms with E-state index in [0.29, 0.717) is 16.8 Å². The van der Waals surface area contributed by atoms with Crippen molar-refractivity contribution in [3.05, 3.63) is 35.4 Å². The minimum atomic E-state index is -3.28. The van der Waals surface area contributed by atoms with Crippen molar-refractivity contribution < 1.29 is 13.2 Å². The molecule has 0 saturated heterocycles. The molecule has 110 valence electrons. The summed E-state index contributed by atoms with van der Waals surface area (Å²) in [5.74, 6) is -0.0794. The maximum absolute atomic E-state index is 11.9. The Morgan fingerprint density at radius 1 is 1.30 bits per heavy atom. The molecule has 0 atom stereocenters. The lowest BCUT2D eigenvalue weighted by Crippen LogP contribution is -2.13. The van der Waals surface area contributed by atoms with E-state index >= 15 is 0 Å². The van der Waals surface area contributed by atoms with Crippen LogP contribution in [0.2, 0.25) is 0 Å². The van der Waals surface area contributed by atoms with Gasteiger partial charge in [-0.15, -0.1) is 0 Å². The molecular weight excluding hydrogens is 274 g/mol. The van der Waals surface area contributed by atoms with Crippen molar-refractivity contribution in [1.82, 2.24) is 0 Å². The summed E-state index contributed by atoms with van der Waals surface area (Å²) in [6, 6.07) is 6.43. The van der Waals surface area contributed by atoms with Gasteiger partial charge in [-0.2, -0.15) is 0 Å². The minimum absolute atomic E-state index is 0.0149. The van der Waals surface area contributed by atoms with Gasteiger partial charge in [0.15, 0.2) is 15.6 Å². The van der Waals surface area contributed by atoms with E-state index in [4.69, 9.17) is 5.73 Å². The maximum atomic E-state index is 11.9. The smallest absolute Gasteiger partial charge is 0.178 e. The monoisotopic (exact) mass is 295 g/mol. The van der Waals surface area contributed by atoms with Crippen molar-refractivity contribution in [2.24, 2.45) is 11.7 Å². The second kappa shape index (κ2) is 6.22. The fourth-order valence-electron chi connectivity index (χ4n) is 2.09. The van der Waals surface area contributed by atoms with Crippen LogP contribution in [0.1, 0.15) is 33.3 Å². The summed E-state index contributed by atoms with van der Waals surface area (Å²) in [6.07, 6.45) is 0. The van der Waals surface area contributed by atoms with Crippen molar-refractivity contribution >= 4 is 21.3 Å². The number of hydrogen-bond acceptors (Lipinski definition) is 4. The first-order chi connectivity index (χ1) is 9.20. The Morgan fingerprint density at radius 3 is 2.35 bits per heavy atom. The molecule has 0 aliphatic carbocycles. The van der Waals surface area contributed by atoms with Crippen LogP contribution in [0.4, 0.5) is 0 Å². The minimum Gasteiger partial charge on any atom is -0.398 e. The van der Waals surface area contributed by atoms with Gasteiger partial charge < -0.3 is 5.73 Å². The molecule has 0 aliphatic heterocycles. The van der Waals surface area contributed by atoms with Gasteiger partial charge in [-0.1, -0.05) is 32.9 Å². The Bertz CT molecular complexity index is 643. The number of allylic oxidation sites excluding steroid dienone is 1. The first-order valence-corrected chi connectivity index (χ1v) is 8.19. The van der Waals surface area contributed by atoms with E-state index in [-0.39, 0.29) is 22.3 Å². The Morgan fingerprint density at radius 2 is 1.90 bits per heavy atom. The number of rotatable bonds is 5. The normalized spacial score (nSPS) is 13.2. The predicted octanol–water partition coefficient (Wildman–Crippen LogP) is 2.40. The Hall–Kier alpha value is -1.62. The van der Waals surface area contributed by atoms with E-state index in [1.807, 2.05) is 13.8 Å². The van der Waals surface area contributed by atoms with Crippen LogP contribution in [-0.2, 0) is 14.6 Å². The first-order valence-electron chi connectivity index (χ1n) is 6.54. The van der Waals surface area contributed by atoms with Gasteiger partial charge in [-0.3, -0.25) is 4.79 Å². The van der Waals surface area contributed by atoms with Gasteiger partial charge in [-0.25, -0.2) is 8.42 Å². The van der Waals surface area contributed by atoms with Gasteiger partial charge in [0.1, 0.15) is 0 Å². The van der Waals surface area contributed by atoms with E-state index in [0.717, 1.165) is 0 Å². The molecule has 0 bridgehead atoms. The summed E-state index contributed by atoms with van der Waals surface area (Å²) < 4.78 is 23.8. The largest absolute Gasteiger partial charge is 0.398 e. The molecule has 0 radical (unpaired) electrons. The predicted molar refractivity (Wildman–Crippen MR) is 80.8 cm³/mol. The highest BCUT2D eigenvalue weighted by atomic mass is 32.2. The molecule has 0 amide bonds. The van der Waals surface area contributed by atoms with Crippen LogP contribution in [0.15, 0.2) is 34.7 Å². The number of Topliss-reactive ketones (excluding diaryl/α,β-unsaturated/α-hetero) is 1. The topological polar surface area (TPSA) is 77.2 Å². The third-order valence-corrected chi connectivity index (χ3v) is 4.86. The molecule has 0 saturated carbocycles. The number of hydrogen-bond donors (Lipinski definition) is 1. The molecule has 0 spiro atoms. The lowest BCUT2D eigenvalue weighted by molar-refractivity contribution is -0.113. The summed E-state index contributed by atoms with van der Waals surface area (Å²) in [5, 5.41) is 0. The number of ketones is 1. The molecule has 4 nitrogen and oxygen atoms in total. The lowest BCUT2D eigenvalue weighted by Gasteiger charge is -2.13. The van der Waals surface area contributed by atoms with Crippen LogP contribution in [0.5, 0.6) is 0 Å². The number of carbonyl (C=O) groups is 1. The van der Waals surface area contributed by atoms with Gasteiger partial charge in [-0.05, 0) is 30.5 Å². The van der Waals surface area contributed by atoms with Crippen LogP contribution in [0.3, 0.4) is 0 Å². The van der Waals surface area contributed by atoms with Gasteiger partial charge in [0.05, 0.1) is 10.6 Å². The number of sulfone groups is 1. The zero-order valence-corrected chi connectivity index (χ0v) is 13.1. The van der Waals surface area contributed by atoms with Crippen LogP contribution >= 0.6 is 0 Å². The van der Waals surface area contributed by atoms with Crippen LogP contribution < -0.4 is 5.73 Å². The van der Waals surface area contributed by atoms with Gasteiger partial charge in [0, 0.05) is 11.3 Å². The summed E-state index contributed by atoms with van der Waals surface area (Å²) in [7, 11) is -3.28. The van der Waals surface area contributed by atoms with E-state index < -0.39 is 9.84 Å². The third kappa shape index (κ3) is 3.48. The van der Waals surface area contributed by atoms with Gasteiger partial charge >= 0.3 is 0 Å². The quantitative estimate of drug-likeness (QED) is 0.846. The van der Waals surface area contributed by atoms with Crippen LogP contribution in [0.25, 0.3) is 5.70 Å². The second-order valence-electron chi connectivity index (χ2n) is 4.97. The molecule has 5 heteroatoms. The Balaban J connectivity index is 3.45. The number of nitrogens with two attached hydrogens (primary N) is 1. The standard InChI is InChI=1S/C15H21NO3S/c1-5-20(18,19)13-8-6-7-12(9-13)15(16)14(10(2)3)11(4)17/h6-10H,5,16H2,1-4H3/b15-14-. The van der Waals surface area contributed by atoms with Crippen molar-refractivity contribution in [2.45, 2.75) is 32.6 Å². The Kier molecular flexibility index (Phi) is 5.11. The molecule has 1 aromatic carbocycles. The zero-order valence-electron chi connectivity index (χ0n) is 12.3. The second-order valence-corrected chi connectivity index (χ2v) is 7.25. The highest BCUT2D eigenvalue weighted by Gasteiger charge is 2.17. The highest BCUT2D eigenvalue weighted by Crippen LogP contribution is 2.23. The molecule has 1 rings (SSSR count). The van der Waals surface area contributed by atoms with Gasteiger partial charge in [0.25, 0.3) is 0 Å². The molecule has 0 heterocycles. The highest BCUT2D eigenvalue weighted by molar-refractivity contribution is 7.91. The van der Waals surface area contributed by atoms with Crippen molar-refractivity contribution in [3.8, 4) is 0 Å². The molecule has 0 aromatic heterocycles. The maximum Gasteiger partial charge on any atom is 0.178 e. The molecule has 0 fully saturated rings. The molecule has 1 aromatic rings. The fraction of sp³-hybridized carbons (Fsp3) is 0.400. The van der Waals surface area contributed by atoms with Crippen molar-refractivity contribution in [3.63, 3.8) is 0 Å². The van der Waals surface area contributed by atoms with Crippen molar-refractivity contribution in [1.29, 1.82) is 0 Å². The molecular formula is C15H21NO3S. The summed E-state index contributed by atoms with van der Waals surface area (Å²) in [5.41, 5.74) is 7.50. The molecule has 20 heavy (non-hydrogen) atoms. The molecule has 0 unspecified atom stereocenters. The SMILES string of the molecule is CCS(=O)(=O)c1cccc(/C(N)=C(/C(C)=O)C(C)C)c1. The third-order valence-electron chi connectivity index (χ3n) is 3.13. The first kappa shape index (κ1) is 16.4. The van der Waals surface area contributed by atoms with Crippen LogP contribution in [-0.4, -0.2) is 20.0 Å². The van der Waals surface area contributed by atoms with E-state index in [2.05, 4.69) is 0 Å². The van der Waals surface area contributed by atoms with E-state index in [1.54, 1.807) is 25.1 Å². The van der Waals surface area contributed by atoms with Gasteiger partial charge in [0.2, 0.25) is 0 Å². The Labute approximate surface area is 120 Å². The van der Waals surface area contributed by atoms with Crippen LogP contribution in [0, 0.1) is 5.92 Å². The summed E-state index contributed by atoms with van der Waals surface area (Å²) in [4.78, 5) is 11.9. The number of benzene rings is 1. The average molecular weight is 295 g/mol. The average Bonchev–Trinajstić information content (AvgIpc) is 2.38. The summed E-state index contributed by atoms with van der Waals surface area (Å²) in [6.45, 7) is 6.83. The lowest BCUT2D eigenvalue weighted by atomic mass is 9.94. The van der Waals surface area contributed by atoms with E-state index in [1.165, 1.54) is 13.0 Å². The summed E-state index contributed by atoms with van der Waals surface area (Å²) >= 11 is 0. The number of carbonyl (C=O) groups excluding carboxylic acids is 1. The molecule has 2 N–H and O–H groups in total. The fourth-order valence-corrected chi connectivity index (χ4v) is 3.01. The molecule has 0 aliphatic rings. The zero-order chi connectivity index (χ0) is 15.5. The van der Waals surface area contributed by atoms with Crippen molar-refractivity contribution in [2.75, 3.05) is 5.75 Å². The van der Waals surface area contributed by atoms with E-state index in [9.17, 15) is 13.2 Å².